The molecule has 1 atom stereocenters. The van der Waals surface area contributed by atoms with Crippen LogP contribution in [0.4, 0.5) is 4.39 Å². The second-order valence-corrected chi connectivity index (χ2v) is 6.21. The third kappa shape index (κ3) is 4.23. The first-order valence-electron chi connectivity index (χ1n) is 7.50. The number of carbonyl (C=O) groups is 3. The minimum absolute atomic E-state index is 0.0849. The lowest BCUT2D eigenvalue weighted by Gasteiger charge is -2.32. The van der Waals surface area contributed by atoms with E-state index in [-0.39, 0.29) is 29.6 Å². The fraction of sp³-hybridized carbons (Fsp3) is 0.438. The molecule has 1 N–H and O–H groups in total. The minimum atomic E-state index is -0.923. The number of piperidine rings is 1. The number of carboxylic acids is 1. The molecule has 1 unspecified atom stereocenters. The van der Waals surface area contributed by atoms with Crippen molar-refractivity contribution in [1.82, 2.24) is 9.80 Å². The quantitative estimate of drug-likeness (QED) is 0.893. The molecule has 1 aromatic rings. The van der Waals surface area contributed by atoms with Gasteiger partial charge in [0.05, 0.1) is 17.5 Å². The molecule has 1 heterocycles. The van der Waals surface area contributed by atoms with Crippen molar-refractivity contribution in [1.29, 1.82) is 0 Å². The van der Waals surface area contributed by atoms with Crippen LogP contribution in [0.3, 0.4) is 0 Å². The number of carboxylic acid groups (broad SMARTS) is 1. The molecule has 0 radical (unpaired) electrons. The predicted molar refractivity (Wildman–Crippen MR) is 85.3 cm³/mol. The lowest BCUT2D eigenvalue weighted by molar-refractivity contribution is -0.145. The molecule has 24 heavy (non-hydrogen) atoms. The van der Waals surface area contributed by atoms with Gasteiger partial charge in [-0.2, -0.15) is 0 Å². The number of rotatable bonds is 4. The van der Waals surface area contributed by atoms with Gasteiger partial charge in [0.1, 0.15) is 5.82 Å². The smallest absolute Gasteiger partial charge is 0.308 e. The number of aliphatic carboxylic acids is 1. The summed E-state index contributed by atoms with van der Waals surface area (Å²) in [6.07, 6.45) is 1.15. The molecule has 6 nitrogen and oxygen atoms in total. The third-order valence-corrected chi connectivity index (χ3v) is 4.32. The molecule has 0 aromatic heterocycles. The Morgan fingerprint density at radius 2 is 2.12 bits per heavy atom. The Morgan fingerprint density at radius 1 is 1.42 bits per heavy atom. The number of nitrogens with zero attached hydrogens (tertiary/aromatic N) is 2. The van der Waals surface area contributed by atoms with E-state index < -0.39 is 23.6 Å². The van der Waals surface area contributed by atoms with E-state index in [0.717, 1.165) is 6.07 Å². The van der Waals surface area contributed by atoms with Crippen molar-refractivity contribution in [2.24, 2.45) is 5.92 Å². The van der Waals surface area contributed by atoms with Crippen LogP contribution in [0.25, 0.3) is 0 Å². The van der Waals surface area contributed by atoms with Crippen LogP contribution < -0.4 is 0 Å². The summed E-state index contributed by atoms with van der Waals surface area (Å²) in [7, 11) is 1.44. The van der Waals surface area contributed by atoms with Crippen molar-refractivity contribution < 1.29 is 23.9 Å². The van der Waals surface area contributed by atoms with Crippen LogP contribution in [-0.2, 0) is 9.59 Å². The van der Waals surface area contributed by atoms with Crippen LogP contribution in [0.5, 0.6) is 0 Å². The predicted octanol–water partition coefficient (Wildman–Crippen LogP) is 1.87. The molecule has 1 saturated heterocycles. The molecule has 1 aromatic carbocycles. The number of benzene rings is 1. The summed E-state index contributed by atoms with van der Waals surface area (Å²) in [4.78, 5) is 38.2. The molecule has 0 spiro atoms. The number of halogens is 2. The van der Waals surface area contributed by atoms with E-state index in [1.165, 1.54) is 29.0 Å². The van der Waals surface area contributed by atoms with Crippen LogP contribution in [0.1, 0.15) is 23.2 Å². The standard InChI is InChI=1S/C16H18ClFN2O4/c1-19(15(22)10-4-5-12(17)13(18)7-10)9-14(21)20-6-2-3-11(8-20)16(23)24/h4-5,7,11H,2-3,6,8-9H2,1H3,(H,23,24). The van der Waals surface area contributed by atoms with Gasteiger partial charge >= 0.3 is 5.97 Å². The third-order valence-electron chi connectivity index (χ3n) is 4.01. The first-order valence-corrected chi connectivity index (χ1v) is 7.88. The molecule has 0 saturated carbocycles. The number of likely N-dealkylation sites (N-methyl/N-ethyl adjacent to an activating group) is 1. The highest BCUT2D eigenvalue weighted by Crippen LogP contribution is 2.18. The summed E-state index contributed by atoms with van der Waals surface area (Å²) < 4.78 is 13.4. The number of likely N-dealkylation sites (tertiary alicyclic amines) is 1. The van der Waals surface area contributed by atoms with Gasteiger partial charge in [0.25, 0.3) is 5.91 Å². The highest BCUT2D eigenvalue weighted by atomic mass is 35.5. The average molecular weight is 357 g/mol. The molecule has 1 aliphatic rings. The van der Waals surface area contributed by atoms with E-state index in [4.69, 9.17) is 16.7 Å². The second-order valence-electron chi connectivity index (χ2n) is 5.81. The van der Waals surface area contributed by atoms with Gasteiger partial charge in [0, 0.05) is 25.7 Å². The Bertz CT molecular complexity index is 667. The van der Waals surface area contributed by atoms with Crippen LogP contribution in [0.15, 0.2) is 18.2 Å². The van der Waals surface area contributed by atoms with Crippen molar-refractivity contribution in [3.05, 3.63) is 34.6 Å². The number of carbonyl (C=O) groups excluding carboxylic acids is 2. The first kappa shape index (κ1) is 18.2. The maximum atomic E-state index is 13.4. The first-order chi connectivity index (χ1) is 11.3. The molecule has 2 amide bonds. The lowest BCUT2D eigenvalue weighted by Crippen LogP contribution is -2.46. The van der Waals surface area contributed by atoms with Gasteiger partial charge in [-0.1, -0.05) is 11.6 Å². The Balaban J connectivity index is 1.98. The Hall–Kier alpha value is -2.15. The number of amides is 2. The summed E-state index contributed by atoms with van der Waals surface area (Å²) in [6, 6.07) is 3.69. The molecule has 2 rings (SSSR count). The molecule has 1 aliphatic heterocycles. The maximum absolute atomic E-state index is 13.4. The van der Waals surface area contributed by atoms with Crippen LogP contribution >= 0.6 is 11.6 Å². The summed E-state index contributed by atoms with van der Waals surface area (Å²) in [5.74, 6) is -3.04. The zero-order valence-corrected chi connectivity index (χ0v) is 13.9. The SMILES string of the molecule is CN(CC(=O)N1CCCC(C(=O)O)C1)C(=O)c1ccc(Cl)c(F)c1. The summed E-state index contributed by atoms with van der Waals surface area (Å²) >= 11 is 5.58. The van der Waals surface area contributed by atoms with Gasteiger partial charge in [-0.15, -0.1) is 0 Å². The molecule has 8 heteroatoms. The Morgan fingerprint density at radius 3 is 2.75 bits per heavy atom. The normalized spacial score (nSPS) is 17.5. The summed E-state index contributed by atoms with van der Waals surface area (Å²) in [6.45, 7) is 0.418. The number of hydrogen-bond acceptors (Lipinski definition) is 3. The molecule has 0 aliphatic carbocycles. The molecule has 0 bridgehead atoms. The minimum Gasteiger partial charge on any atom is -0.481 e. The van der Waals surface area contributed by atoms with Gasteiger partial charge in [-0.3, -0.25) is 14.4 Å². The topological polar surface area (TPSA) is 77.9 Å². The van der Waals surface area contributed by atoms with Gasteiger partial charge in [-0.25, -0.2) is 4.39 Å². The molecular weight excluding hydrogens is 339 g/mol. The largest absolute Gasteiger partial charge is 0.481 e. The van der Waals surface area contributed by atoms with Crippen molar-refractivity contribution in [3.63, 3.8) is 0 Å². The highest BCUT2D eigenvalue weighted by molar-refractivity contribution is 6.30. The van der Waals surface area contributed by atoms with Gasteiger partial charge < -0.3 is 14.9 Å². The molecule has 130 valence electrons. The highest BCUT2D eigenvalue weighted by Gasteiger charge is 2.29. The average Bonchev–Trinajstić information content (AvgIpc) is 2.56. The lowest BCUT2D eigenvalue weighted by atomic mass is 9.98. The van der Waals surface area contributed by atoms with E-state index in [1.807, 2.05) is 0 Å². The van der Waals surface area contributed by atoms with E-state index in [1.54, 1.807) is 0 Å². The van der Waals surface area contributed by atoms with Gasteiger partial charge in [0.2, 0.25) is 5.91 Å². The zero-order chi connectivity index (χ0) is 17.9. The monoisotopic (exact) mass is 356 g/mol. The summed E-state index contributed by atoms with van der Waals surface area (Å²) in [5.41, 5.74) is 0.0919. The van der Waals surface area contributed by atoms with Crippen molar-refractivity contribution in [2.45, 2.75) is 12.8 Å². The van der Waals surface area contributed by atoms with Crippen molar-refractivity contribution in [3.8, 4) is 0 Å². The Labute approximate surface area is 143 Å². The van der Waals surface area contributed by atoms with E-state index in [9.17, 15) is 18.8 Å². The molecular formula is C16H18ClFN2O4. The van der Waals surface area contributed by atoms with Gasteiger partial charge in [0.15, 0.2) is 0 Å². The van der Waals surface area contributed by atoms with E-state index >= 15 is 0 Å². The second kappa shape index (κ2) is 7.61. The van der Waals surface area contributed by atoms with Crippen molar-refractivity contribution in [2.75, 3.05) is 26.7 Å². The maximum Gasteiger partial charge on any atom is 0.308 e. The van der Waals surface area contributed by atoms with Crippen LogP contribution in [0, 0.1) is 11.7 Å². The van der Waals surface area contributed by atoms with E-state index in [0.29, 0.717) is 19.4 Å². The fourth-order valence-electron chi connectivity index (χ4n) is 2.63. The van der Waals surface area contributed by atoms with E-state index in [2.05, 4.69) is 0 Å². The zero-order valence-electron chi connectivity index (χ0n) is 13.2. The van der Waals surface area contributed by atoms with Gasteiger partial charge in [-0.05, 0) is 31.0 Å². The molecule has 1 fully saturated rings. The summed E-state index contributed by atoms with van der Waals surface area (Å²) in [5, 5.41) is 8.97. The van der Waals surface area contributed by atoms with Crippen LogP contribution in [0.2, 0.25) is 5.02 Å². The Kier molecular flexibility index (Phi) is 5.77. The fourth-order valence-corrected chi connectivity index (χ4v) is 2.75. The van der Waals surface area contributed by atoms with Crippen molar-refractivity contribution >= 4 is 29.4 Å². The number of hydrogen-bond donors (Lipinski definition) is 1. The van der Waals surface area contributed by atoms with Crippen LogP contribution in [-0.4, -0.2) is 59.4 Å².